The minimum absolute atomic E-state index is 0.0112. The van der Waals surface area contributed by atoms with Crippen LogP contribution in [-0.2, 0) is 12.8 Å². The molecule has 0 saturated heterocycles. The fourth-order valence-electron chi connectivity index (χ4n) is 2.86. The van der Waals surface area contributed by atoms with Gasteiger partial charge in [0.15, 0.2) is 0 Å². The molecule has 168 valence electrons. The molecule has 3 aromatic carbocycles. The first-order chi connectivity index (χ1) is 15.2. The summed E-state index contributed by atoms with van der Waals surface area (Å²) in [6, 6.07) is 14.3. The monoisotopic (exact) mass is 465 g/mol. The van der Waals surface area contributed by atoms with Crippen LogP contribution in [0.1, 0.15) is 21.5 Å². The highest BCUT2D eigenvalue weighted by Crippen LogP contribution is 2.34. The Kier molecular flexibility index (Phi) is 7.15. The standard InChI is InChI=1S/C23H19ClF3NO4/c1-30-17-5-7-18(8-6-17)32-13-15-11-14(3-10-21(15)31-2)22(29)28-20-12-16(23(25,26)27)4-9-19(20)24/h3-12H,13H2,1-2H3,(H,28,29). The van der Waals surface area contributed by atoms with Crippen molar-refractivity contribution in [3.05, 3.63) is 82.4 Å². The van der Waals surface area contributed by atoms with Crippen LogP contribution in [0.5, 0.6) is 17.2 Å². The van der Waals surface area contributed by atoms with Gasteiger partial charge >= 0.3 is 6.18 Å². The first-order valence-corrected chi connectivity index (χ1v) is 9.71. The van der Waals surface area contributed by atoms with E-state index in [0.29, 0.717) is 22.8 Å². The molecular formula is C23H19ClF3NO4. The lowest BCUT2D eigenvalue weighted by Crippen LogP contribution is -2.14. The minimum Gasteiger partial charge on any atom is -0.497 e. The van der Waals surface area contributed by atoms with Crippen molar-refractivity contribution in [2.24, 2.45) is 0 Å². The van der Waals surface area contributed by atoms with Crippen LogP contribution in [0, 0.1) is 0 Å². The van der Waals surface area contributed by atoms with Gasteiger partial charge in [-0.25, -0.2) is 0 Å². The Morgan fingerprint density at radius 1 is 0.938 bits per heavy atom. The Morgan fingerprint density at radius 2 is 1.62 bits per heavy atom. The van der Waals surface area contributed by atoms with Crippen molar-refractivity contribution in [1.29, 1.82) is 0 Å². The first-order valence-electron chi connectivity index (χ1n) is 9.33. The normalized spacial score (nSPS) is 11.1. The molecule has 0 radical (unpaired) electrons. The lowest BCUT2D eigenvalue weighted by Gasteiger charge is -2.14. The molecule has 0 aliphatic heterocycles. The van der Waals surface area contributed by atoms with Crippen molar-refractivity contribution in [3.63, 3.8) is 0 Å². The van der Waals surface area contributed by atoms with Crippen LogP contribution in [0.2, 0.25) is 5.02 Å². The Morgan fingerprint density at radius 3 is 2.25 bits per heavy atom. The quantitative estimate of drug-likeness (QED) is 0.451. The van der Waals surface area contributed by atoms with Crippen molar-refractivity contribution in [1.82, 2.24) is 0 Å². The summed E-state index contributed by atoms with van der Waals surface area (Å²) < 4.78 is 55.1. The van der Waals surface area contributed by atoms with E-state index in [9.17, 15) is 18.0 Å². The molecule has 1 amide bonds. The molecule has 0 aliphatic rings. The van der Waals surface area contributed by atoms with Gasteiger partial charge in [-0.3, -0.25) is 4.79 Å². The van der Waals surface area contributed by atoms with Gasteiger partial charge < -0.3 is 19.5 Å². The van der Waals surface area contributed by atoms with Crippen LogP contribution >= 0.6 is 11.6 Å². The number of alkyl halides is 3. The molecule has 0 bridgehead atoms. The summed E-state index contributed by atoms with van der Waals surface area (Å²) in [6.07, 6.45) is -4.56. The van der Waals surface area contributed by atoms with Crippen molar-refractivity contribution >= 4 is 23.2 Å². The predicted octanol–water partition coefficient (Wildman–Crippen LogP) is 6.21. The lowest BCUT2D eigenvalue weighted by atomic mass is 10.1. The van der Waals surface area contributed by atoms with Gasteiger partial charge in [0.25, 0.3) is 5.91 Å². The van der Waals surface area contributed by atoms with Crippen LogP contribution in [0.25, 0.3) is 0 Å². The van der Waals surface area contributed by atoms with Gasteiger partial charge in [-0.05, 0) is 60.7 Å². The number of hydrogen-bond acceptors (Lipinski definition) is 4. The number of methoxy groups -OCH3 is 2. The van der Waals surface area contributed by atoms with E-state index in [4.69, 9.17) is 25.8 Å². The highest BCUT2D eigenvalue weighted by atomic mass is 35.5. The largest absolute Gasteiger partial charge is 0.497 e. The molecule has 0 aliphatic carbocycles. The Bertz CT molecular complexity index is 1100. The summed E-state index contributed by atoms with van der Waals surface area (Å²) in [6.45, 7) is 0.0982. The molecule has 0 spiro atoms. The lowest BCUT2D eigenvalue weighted by molar-refractivity contribution is -0.137. The second kappa shape index (κ2) is 9.82. The van der Waals surface area contributed by atoms with E-state index < -0.39 is 17.6 Å². The highest BCUT2D eigenvalue weighted by molar-refractivity contribution is 6.34. The summed E-state index contributed by atoms with van der Waals surface area (Å²) in [4.78, 5) is 12.7. The molecule has 3 rings (SSSR count). The van der Waals surface area contributed by atoms with Gasteiger partial charge in [-0.1, -0.05) is 11.6 Å². The molecule has 5 nitrogen and oxygen atoms in total. The second-order valence-electron chi connectivity index (χ2n) is 6.64. The molecule has 9 heteroatoms. The number of anilines is 1. The van der Waals surface area contributed by atoms with E-state index in [1.807, 2.05) is 0 Å². The number of ether oxygens (including phenoxy) is 3. The van der Waals surface area contributed by atoms with E-state index in [0.717, 1.165) is 18.2 Å². The number of benzene rings is 3. The first kappa shape index (κ1) is 23.3. The van der Waals surface area contributed by atoms with E-state index in [2.05, 4.69) is 5.32 Å². The third kappa shape index (κ3) is 5.64. The van der Waals surface area contributed by atoms with Gasteiger partial charge in [0.1, 0.15) is 23.9 Å². The molecular weight excluding hydrogens is 447 g/mol. The molecule has 0 saturated carbocycles. The van der Waals surface area contributed by atoms with Crippen molar-refractivity contribution < 1.29 is 32.2 Å². The number of hydrogen-bond donors (Lipinski definition) is 1. The summed E-state index contributed by atoms with van der Waals surface area (Å²) in [5, 5.41) is 2.41. The van der Waals surface area contributed by atoms with Crippen molar-refractivity contribution in [2.75, 3.05) is 19.5 Å². The van der Waals surface area contributed by atoms with Crippen LogP contribution in [0.4, 0.5) is 18.9 Å². The third-order valence-corrected chi connectivity index (χ3v) is 4.87. The topological polar surface area (TPSA) is 56.8 Å². The molecule has 0 heterocycles. The SMILES string of the molecule is COc1ccc(OCc2cc(C(=O)Nc3cc(C(F)(F)F)ccc3Cl)ccc2OC)cc1. The van der Waals surface area contributed by atoms with Crippen LogP contribution in [-0.4, -0.2) is 20.1 Å². The molecule has 0 atom stereocenters. The fourth-order valence-corrected chi connectivity index (χ4v) is 3.02. The van der Waals surface area contributed by atoms with E-state index in [1.165, 1.54) is 13.2 Å². The highest BCUT2D eigenvalue weighted by Gasteiger charge is 2.31. The van der Waals surface area contributed by atoms with Crippen LogP contribution in [0.15, 0.2) is 60.7 Å². The van der Waals surface area contributed by atoms with Gasteiger partial charge in [0, 0.05) is 11.1 Å². The van der Waals surface area contributed by atoms with Gasteiger partial charge in [-0.15, -0.1) is 0 Å². The number of halogens is 4. The van der Waals surface area contributed by atoms with E-state index in [1.54, 1.807) is 43.5 Å². The number of nitrogens with one attached hydrogen (secondary N) is 1. The number of amides is 1. The van der Waals surface area contributed by atoms with Gasteiger partial charge in [0.05, 0.1) is 30.5 Å². The van der Waals surface area contributed by atoms with Gasteiger partial charge in [0.2, 0.25) is 0 Å². The maximum atomic E-state index is 13.0. The van der Waals surface area contributed by atoms with Crippen LogP contribution in [0.3, 0.4) is 0 Å². The van der Waals surface area contributed by atoms with E-state index >= 15 is 0 Å². The van der Waals surface area contributed by atoms with E-state index in [-0.39, 0.29) is 22.9 Å². The number of carbonyl (C=O) groups is 1. The Hall–Kier alpha value is -3.39. The predicted molar refractivity (Wildman–Crippen MR) is 115 cm³/mol. The summed E-state index contributed by atoms with van der Waals surface area (Å²) in [5.41, 5.74) is -0.280. The molecule has 0 aromatic heterocycles. The zero-order valence-corrected chi connectivity index (χ0v) is 17.9. The smallest absolute Gasteiger partial charge is 0.416 e. The average molecular weight is 466 g/mol. The summed E-state index contributed by atoms with van der Waals surface area (Å²) >= 11 is 5.96. The summed E-state index contributed by atoms with van der Waals surface area (Å²) in [7, 11) is 3.04. The molecule has 0 fully saturated rings. The zero-order valence-electron chi connectivity index (χ0n) is 17.1. The number of rotatable bonds is 7. The van der Waals surface area contributed by atoms with Crippen LogP contribution < -0.4 is 19.5 Å². The maximum Gasteiger partial charge on any atom is 0.416 e. The molecule has 32 heavy (non-hydrogen) atoms. The van der Waals surface area contributed by atoms with Crippen molar-refractivity contribution in [3.8, 4) is 17.2 Å². The Balaban J connectivity index is 1.78. The second-order valence-corrected chi connectivity index (χ2v) is 7.04. The van der Waals surface area contributed by atoms with Gasteiger partial charge in [-0.2, -0.15) is 13.2 Å². The molecule has 1 N–H and O–H groups in total. The molecule has 0 unspecified atom stereocenters. The summed E-state index contributed by atoms with van der Waals surface area (Å²) in [5.74, 6) is 1.13. The molecule has 3 aromatic rings. The fraction of sp³-hybridized carbons (Fsp3) is 0.174. The zero-order chi connectivity index (χ0) is 23.3. The minimum atomic E-state index is -4.56. The van der Waals surface area contributed by atoms with Crippen molar-refractivity contribution in [2.45, 2.75) is 12.8 Å². The Labute approximate surface area is 187 Å². The maximum absolute atomic E-state index is 13.0. The number of carbonyl (C=O) groups excluding carboxylic acids is 1. The average Bonchev–Trinajstić information content (AvgIpc) is 2.78. The third-order valence-electron chi connectivity index (χ3n) is 4.54.